The molecule has 1 N–H and O–H groups in total. The molecule has 7 heteroatoms. The summed E-state index contributed by atoms with van der Waals surface area (Å²) in [5.74, 6) is 2.40. The fraction of sp³-hybridized carbons (Fsp3) is 0.158. The molecular weight excluding hydrogens is 336 g/mol. The van der Waals surface area contributed by atoms with E-state index in [-0.39, 0.29) is 19.5 Å². The minimum atomic E-state index is -0.258. The third kappa shape index (κ3) is 2.13. The second-order valence-corrected chi connectivity index (χ2v) is 5.90. The fourth-order valence-corrected chi connectivity index (χ4v) is 3.22. The Morgan fingerprint density at radius 2 is 1.73 bits per heavy atom. The second-order valence-electron chi connectivity index (χ2n) is 5.90. The molecule has 3 heterocycles. The van der Waals surface area contributed by atoms with E-state index in [1.807, 2.05) is 24.3 Å². The first-order valence-corrected chi connectivity index (χ1v) is 8.10. The molecule has 0 bridgehead atoms. The number of benzene rings is 2. The molecule has 130 valence electrons. The average Bonchev–Trinajstić information content (AvgIpc) is 3.34. The Bertz CT molecular complexity index is 1060. The summed E-state index contributed by atoms with van der Waals surface area (Å²) >= 11 is 0. The molecule has 0 aliphatic carbocycles. The topological polar surface area (TPSA) is 78.9 Å². The maximum Gasteiger partial charge on any atom is 0.269 e. The van der Waals surface area contributed by atoms with Crippen molar-refractivity contribution in [3.63, 3.8) is 0 Å². The highest BCUT2D eigenvalue weighted by atomic mass is 16.7. The van der Waals surface area contributed by atoms with Crippen molar-refractivity contribution in [2.24, 2.45) is 0 Å². The molecule has 26 heavy (non-hydrogen) atoms. The van der Waals surface area contributed by atoms with Crippen LogP contribution in [0.1, 0.15) is 10.5 Å². The van der Waals surface area contributed by atoms with Crippen LogP contribution in [-0.2, 0) is 0 Å². The lowest BCUT2D eigenvalue weighted by atomic mass is 9.98. The molecule has 2 aliphatic heterocycles. The number of hydrogen-bond donors (Lipinski definition) is 1. The van der Waals surface area contributed by atoms with Crippen molar-refractivity contribution in [3.8, 4) is 34.1 Å². The van der Waals surface area contributed by atoms with E-state index in [9.17, 15) is 4.79 Å². The molecule has 0 spiro atoms. The number of aromatic nitrogens is 1. The normalized spacial score (nSPS) is 13.9. The molecule has 0 radical (unpaired) electrons. The summed E-state index contributed by atoms with van der Waals surface area (Å²) in [5, 5.41) is 3.41. The lowest BCUT2D eigenvalue weighted by Gasteiger charge is -2.12. The molecule has 2 aliphatic rings. The first kappa shape index (κ1) is 14.8. The zero-order valence-corrected chi connectivity index (χ0v) is 13.9. The van der Waals surface area contributed by atoms with Gasteiger partial charge >= 0.3 is 0 Å². The number of ether oxygens (including phenoxy) is 4. The third-order valence-corrected chi connectivity index (χ3v) is 4.45. The summed E-state index contributed by atoms with van der Waals surface area (Å²) in [5.41, 5.74) is 2.67. The zero-order chi connectivity index (χ0) is 17.7. The van der Waals surface area contributed by atoms with Crippen molar-refractivity contribution in [3.05, 3.63) is 42.1 Å². The highest BCUT2D eigenvalue weighted by Gasteiger charge is 2.23. The summed E-state index contributed by atoms with van der Waals surface area (Å²) in [6, 6.07) is 11.0. The molecule has 0 fully saturated rings. The van der Waals surface area contributed by atoms with Gasteiger partial charge in [-0.2, -0.15) is 0 Å². The summed E-state index contributed by atoms with van der Waals surface area (Å²) in [6.07, 6.45) is 0. The molecule has 2 aromatic carbocycles. The standard InChI is InChI=1S/C19H14N2O5/c1-20-19(22)13-7-11(10-2-4-14-16(6-10)25-8-23-14)17-12(21-13)3-5-15-18(17)26-9-24-15/h2-7H,8-9H2,1H3,(H,20,22). The molecule has 0 unspecified atom stereocenters. The molecule has 5 rings (SSSR count). The number of amides is 1. The van der Waals surface area contributed by atoms with Gasteiger partial charge in [0.2, 0.25) is 13.6 Å². The Morgan fingerprint density at radius 3 is 2.62 bits per heavy atom. The summed E-state index contributed by atoms with van der Waals surface area (Å²) in [6.45, 7) is 0.359. The quantitative estimate of drug-likeness (QED) is 0.766. The van der Waals surface area contributed by atoms with E-state index < -0.39 is 0 Å². The third-order valence-electron chi connectivity index (χ3n) is 4.45. The van der Waals surface area contributed by atoms with Crippen LogP contribution in [0.4, 0.5) is 0 Å². The Labute approximate surface area is 148 Å². The predicted octanol–water partition coefficient (Wildman–Crippen LogP) is 2.72. The van der Waals surface area contributed by atoms with Crippen molar-refractivity contribution in [2.45, 2.75) is 0 Å². The van der Waals surface area contributed by atoms with Crippen LogP contribution < -0.4 is 24.3 Å². The average molecular weight is 350 g/mol. The highest BCUT2D eigenvalue weighted by Crippen LogP contribution is 2.45. The number of fused-ring (bicyclic) bond motifs is 4. The largest absolute Gasteiger partial charge is 0.454 e. The van der Waals surface area contributed by atoms with E-state index >= 15 is 0 Å². The minimum Gasteiger partial charge on any atom is -0.454 e. The van der Waals surface area contributed by atoms with Gasteiger partial charge in [0.1, 0.15) is 5.69 Å². The number of carbonyl (C=O) groups excluding carboxylic acids is 1. The molecule has 0 saturated carbocycles. The Kier molecular flexibility index (Phi) is 3.15. The lowest BCUT2D eigenvalue weighted by molar-refractivity contribution is 0.0958. The van der Waals surface area contributed by atoms with Crippen LogP contribution in [0.3, 0.4) is 0 Å². The Hall–Kier alpha value is -3.48. The van der Waals surface area contributed by atoms with E-state index in [1.165, 1.54) is 0 Å². The van der Waals surface area contributed by atoms with Gasteiger partial charge < -0.3 is 24.3 Å². The monoisotopic (exact) mass is 350 g/mol. The van der Waals surface area contributed by atoms with E-state index in [1.54, 1.807) is 19.2 Å². The number of nitrogens with zero attached hydrogens (tertiary/aromatic N) is 1. The second kappa shape index (κ2) is 5.52. The number of carbonyl (C=O) groups is 1. The molecule has 1 amide bonds. The van der Waals surface area contributed by atoms with Gasteiger partial charge in [0.15, 0.2) is 23.0 Å². The van der Waals surface area contributed by atoms with Gasteiger partial charge in [-0.05, 0) is 41.5 Å². The van der Waals surface area contributed by atoms with Crippen LogP contribution >= 0.6 is 0 Å². The van der Waals surface area contributed by atoms with Gasteiger partial charge in [-0.25, -0.2) is 4.98 Å². The maximum atomic E-state index is 12.2. The van der Waals surface area contributed by atoms with Gasteiger partial charge in [-0.1, -0.05) is 6.07 Å². The molecule has 0 atom stereocenters. The van der Waals surface area contributed by atoms with Crippen LogP contribution in [0.15, 0.2) is 36.4 Å². The first-order chi connectivity index (χ1) is 12.7. The minimum absolute atomic E-state index is 0.159. The van der Waals surface area contributed by atoms with Crippen LogP contribution in [-0.4, -0.2) is 31.5 Å². The van der Waals surface area contributed by atoms with Crippen molar-refractivity contribution in [1.29, 1.82) is 0 Å². The van der Waals surface area contributed by atoms with Crippen LogP contribution in [0.2, 0.25) is 0 Å². The summed E-state index contributed by atoms with van der Waals surface area (Å²) in [4.78, 5) is 16.7. The first-order valence-electron chi connectivity index (χ1n) is 8.10. The Morgan fingerprint density at radius 1 is 0.962 bits per heavy atom. The van der Waals surface area contributed by atoms with E-state index in [4.69, 9.17) is 18.9 Å². The number of rotatable bonds is 2. The summed E-state index contributed by atoms with van der Waals surface area (Å²) < 4.78 is 22.0. The molecule has 3 aromatic rings. The van der Waals surface area contributed by atoms with Gasteiger partial charge in [0.05, 0.1) is 10.9 Å². The zero-order valence-electron chi connectivity index (χ0n) is 13.9. The molecule has 1 aromatic heterocycles. The van der Waals surface area contributed by atoms with Gasteiger partial charge in [-0.15, -0.1) is 0 Å². The van der Waals surface area contributed by atoms with E-state index in [2.05, 4.69) is 10.3 Å². The van der Waals surface area contributed by atoms with Crippen LogP contribution in [0.25, 0.3) is 22.0 Å². The number of pyridine rings is 1. The van der Waals surface area contributed by atoms with Gasteiger partial charge in [0.25, 0.3) is 5.91 Å². The van der Waals surface area contributed by atoms with Gasteiger partial charge in [0, 0.05) is 7.05 Å². The van der Waals surface area contributed by atoms with Crippen LogP contribution in [0.5, 0.6) is 23.0 Å². The summed E-state index contributed by atoms with van der Waals surface area (Å²) in [7, 11) is 1.58. The van der Waals surface area contributed by atoms with Crippen LogP contribution in [0, 0.1) is 0 Å². The predicted molar refractivity (Wildman–Crippen MR) is 92.8 cm³/mol. The maximum absolute atomic E-state index is 12.2. The van der Waals surface area contributed by atoms with Gasteiger partial charge in [-0.3, -0.25) is 4.79 Å². The molecule has 0 saturated heterocycles. The van der Waals surface area contributed by atoms with Crippen molar-refractivity contribution < 1.29 is 23.7 Å². The molecule has 7 nitrogen and oxygen atoms in total. The SMILES string of the molecule is CNC(=O)c1cc(-c2ccc3c(c2)OCO3)c2c3c(ccc2n1)OCO3. The fourth-order valence-electron chi connectivity index (χ4n) is 3.22. The lowest BCUT2D eigenvalue weighted by Crippen LogP contribution is -2.19. The highest BCUT2D eigenvalue weighted by molar-refractivity contribution is 6.05. The smallest absolute Gasteiger partial charge is 0.269 e. The van der Waals surface area contributed by atoms with Crippen molar-refractivity contribution in [2.75, 3.05) is 20.6 Å². The van der Waals surface area contributed by atoms with E-state index in [0.717, 1.165) is 16.5 Å². The Balaban J connectivity index is 1.81. The van der Waals surface area contributed by atoms with Crippen molar-refractivity contribution in [1.82, 2.24) is 10.3 Å². The van der Waals surface area contributed by atoms with E-state index in [0.29, 0.717) is 34.2 Å². The number of hydrogen-bond acceptors (Lipinski definition) is 6. The molecular formula is C19H14N2O5. The van der Waals surface area contributed by atoms with Crippen molar-refractivity contribution >= 4 is 16.8 Å². The number of nitrogens with one attached hydrogen (secondary N) is 1.